The maximum atomic E-state index is 11.7. The Bertz CT molecular complexity index is 677. The first-order valence-corrected chi connectivity index (χ1v) is 6.77. The van der Waals surface area contributed by atoms with Crippen molar-refractivity contribution >= 4 is 32.6 Å². The summed E-state index contributed by atoms with van der Waals surface area (Å²) in [4.78, 5) is 10.4. The van der Waals surface area contributed by atoms with Crippen LogP contribution in [0, 0.1) is 0 Å². The van der Waals surface area contributed by atoms with E-state index >= 15 is 0 Å². The number of aliphatic carboxylic acids is 1. The molecule has 2 rings (SSSR count). The minimum absolute atomic E-state index is 0.357. The van der Waals surface area contributed by atoms with E-state index in [1.54, 1.807) is 24.4 Å². The van der Waals surface area contributed by atoms with Crippen LogP contribution in [0.5, 0.6) is 0 Å². The van der Waals surface area contributed by atoms with Crippen molar-refractivity contribution in [2.24, 2.45) is 0 Å². The Morgan fingerprint density at radius 1 is 1.44 bits per heavy atom. The van der Waals surface area contributed by atoms with Crippen LogP contribution in [-0.2, 0) is 14.8 Å². The highest BCUT2D eigenvalue weighted by Gasteiger charge is 2.14. The van der Waals surface area contributed by atoms with E-state index in [0.29, 0.717) is 11.2 Å². The third-order valence-corrected chi connectivity index (χ3v) is 3.60. The number of benzene rings is 1. The first-order valence-electron chi connectivity index (χ1n) is 5.12. The minimum Gasteiger partial charge on any atom is -0.481 e. The summed E-state index contributed by atoms with van der Waals surface area (Å²) in [5.41, 5.74) is 0.923. The van der Waals surface area contributed by atoms with Gasteiger partial charge in [-0.2, -0.15) is 5.10 Å². The number of nitrogens with one attached hydrogen (secondary N) is 2. The zero-order valence-corrected chi connectivity index (χ0v) is 10.1. The predicted molar refractivity (Wildman–Crippen MR) is 65.8 cm³/mol. The van der Waals surface area contributed by atoms with Gasteiger partial charge in [0, 0.05) is 5.39 Å². The topological polar surface area (TPSA) is 112 Å². The molecule has 0 radical (unpaired) electrons. The van der Waals surface area contributed by atoms with E-state index in [2.05, 4.69) is 14.9 Å². The average molecular weight is 269 g/mol. The zero-order chi connectivity index (χ0) is 13.2. The fraction of sp³-hybridized carbons (Fsp3) is 0.200. The number of nitrogens with zero attached hydrogens (tertiary/aromatic N) is 1. The van der Waals surface area contributed by atoms with Crippen molar-refractivity contribution in [3.63, 3.8) is 0 Å². The quantitative estimate of drug-likeness (QED) is 0.742. The molecule has 0 unspecified atom stereocenters. The van der Waals surface area contributed by atoms with Gasteiger partial charge in [0.25, 0.3) is 0 Å². The van der Waals surface area contributed by atoms with Crippen molar-refractivity contribution in [3.8, 4) is 0 Å². The second-order valence-electron chi connectivity index (χ2n) is 3.70. The summed E-state index contributed by atoms with van der Waals surface area (Å²) in [6.45, 7) is 0. The monoisotopic (exact) mass is 269 g/mol. The average Bonchev–Trinajstić information content (AvgIpc) is 2.75. The van der Waals surface area contributed by atoms with Crippen LogP contribution >= 0.6 is 0 Å². The largest absolute Gasteiger partial charge is 0.481 e. The first-order chi connectivity index (χ1) is 8.48. The number of aromatic nitrogens is 2. The Morgan fingerprint density at radius 2 is 2.22 bits per heavy atom. The second kappa shape index (κ2) is 4.65. The van der Waals surface area contributed by atoms with Crippen molar-refractivity contribution in [1.29, 1.82) is 0 Å². The lowest BCUT2D eigenvalue weighted by atomic mass is 10.2. The highest BCUT2D eigenvalue weighted by atomic mass is 32.2. The highest BCUT2D eigenvalue weighted by molar-refractivity contribution is 7.92. The summed E-state index contributed by atoms with van der Waals surface area (Å²) < 4.78 is 25.7. The Morgan fingerprint density at radius 3 is 2.94 bits per heavy atom. The maximum Gasteiger partial charge on any atom is 0.304 e. The van der Waals surface area contributed by atoms with Crippen LogP contribution in [0.2, 0.25) is 0 Å². The molecule has 0 aliphatic rings. The third-order valence-electron chi connectivity index (χ3n) is 2.33. The molecule has 96 valence electrons. The molecular weight excluding hydrogens is 258 g/mol. The van der Waals surface area contributed by atoms with Crippen LogP contribution in [0.3, 0.4) is 0 Å². The van der Waals surface area contributed by atoms with Gasteiger partial charge in [-0.05, 0) is 6.07 Å². The van der Waals surface area contributed by atoms with E-state index in [0.717, 1.165) is 5.39 Å². The molecule has 1 aromatic carbocycles. The maximum absolute atomic E-state index is 11.7. The lowest BCUT2D eigenvalue weighted by molar-refractivity contribution is -0.136. The smallest absolute Gasteiger partial charge is 0.304 e. The summed E-state index contributed by atoms with van der Waals surface area (Å²) in [6, 6.07) is 5.06. The molecule has 0 amide bonds. The van der Waals surface area contributed by atoms with E-state index < -0.39 is 28.2 Å². The molecule has 1 aromatic heterocycles. The van der Waals surface area contributed by atoms with Gasteiger partial charge < -0.3 is 5.11 Å². The van der Waals surface area contributed by atoms with Crippen molar-refractivity contribution in [2.75, 3.05) is 10.5 Å². The molecule has 0 aliphatic carbocycles. The van der Waals surface area contributed by atoms with Crippen molar-refractivity contribution in [1.82, 2.24) is 10.2 Å². The van der Waals surface area contributed by atoms with E-state index in [-0.39, 0.29) is 0 Å². The molecule has 8 heteroatoms. The van der Waals surface area contributed by atoms with Crippen LogP contribution in [0.1, 0.15) is 6.42 Å². The van der Waals surface area contributed by atoms with Crippen LogP contribution in [0.25, 0.3) is 10.9 Å². The summed E-state index contributed by atoms with van der Waals surface area (Å²) in [6.07, 6.45) is 1.14. The number of hydrogen-bond donors (Lipinski definition) is 3. The number of hydrogen-bond acceptors (Lipinski definition) is 4. The van der Waals surface area contributed by atoms with E-state index in [1.807, 2.05) is 0 Å². The van der Waals surface area contributed by atoms with Crippen LogP contribution < -0.4 is 4.72 Å². The molecule has 0 saturated heterocycles. The van der Waals surface area contributed by atoms with Gasteiger partial charge in [0.15, 0.2) is 0 Å². The predicted octanol–water partition coefficient (Wildman–Crippen LogP) is 0.779. The van der Waals surface area contributed by atoms with Crippen molar-refractivity contribution < 1.29 is 18.3 Å². The van der Waals surface area contributed by atoms with E-state index in [4.69, 9.17) is 5.11 Å². The van der Waals surface area contributed by atoms with E-state index in [1.165, 1.54) is 0 Å². The first kappa shape index (κ1) is 12.4. The third kappa shape index (κ3) is 2.77. The molecule has 18 heavy (non-hydrogen) atoms. The molecule has 2 aromatic rings. The molecule has 7 nitrogen and oxygen atoms in total. The summed E-state index contributed by atoms with van der Waals surface area (Å²) in [5, 5.41) is 15.7. The van der Waals surface area contributed by atoms with Gasteiger partial charge in [-0.1, -0.05) is 12.1 Å². The summed E-state index contributed by atoms with van der Waals surface area (Å²) in [7, 11) is -3.68. The number of fused-ring (bicyclic) bond motifs is 1. The van der Waals surface area contributed by atoms with Gasteiger partial charge in [0.05, 0.1) is 29.6 Å². The number of rotatable bonds is 5. The standard InChI is InChI=1S/C10H11N3O4S/c14-9(15)4-5-18(16,17)13-8-3-1-2-7-6-11-12-10(7)8/h1-3,6,13H,4-5H2,(H,11,12)(H,14,15). The molecule has 0 atom stereocenters. The normalized spacial score (nSPS) is 11.6. The molecule has 0 saturated carbocycles. The van der Waals surface area contributed by atoms with Crippen molar-refractivity contribution in [3.05, 3.63) is 24.4 Å². The Balaban J connectivity index is 2.23. The number of H-pyrrole nitrogens is 1. The van der Waals surface area contributed by atoms with Gasteiger partial charge in [0.2, 0.25) is 10.0 Å². The van der Waals surface area contributed by atoms with Gasteiger partial charge in [-0.15, -0.1) is 0 Å². The Kier molecular flexibility index (Phi) is 3.19. The fourth-order valence-electron chi connectivity index (χ4n) is 1.49. The number of anilines is 1. The number of aromatic amines is 1. The fourth-order valence-corrected chi connectivity index (χ4v) is 2.54. The molecule has 0 fully saturated rings. The van der Waals surface area contributed by atoms with Crippen LogP contribution in [-0.4, -0.2) is 35.4 Å². The lowest BCUT2D eigenvalue weighted by Gasteiger charge is -2.07. The molecule has 3 N–H and O–H groups in total. The van der Waals surface area contributed by atoms with Crippen molar-refractivity contribution in [2.45, 2.75) is 6.42 Å². The SMILES string of the molecule is O=C(O)CCS(=O)(=O)Nc1cccc2cn[nH]c12. The Labute approximate surface area is 103 Å². The lowest BCUT2D eigenvalue weighted by Crippen LogP contribution is -2.19. The van der Waals surface area contributed by atoms with Crippen LogP contribution in [0.15, 0.2) is 24.4 Å². The molecule has 0 spiro atoms. The van der Waals surface area contributed by atoms with Crippen LogP contribution in [0.4, 0.5) is 5.69 Å². The van der Waals surface area contributed by atoms with E-state index in [9.17, 15) is 13.2 Å². The number of carboxylic acid groups (broad SMARTS) is 1. The molecular formula is C10H11N3O4S. The van der Waals surface area contributed by atoms with Gasteiger partial charge >= 0.3 is 5.97 Å². The molecule has 0 bridgehead atoms. The number of para-hydroxylation sites is 1. The van der Waals surface area contributed by atoms with Gasteiger partial charge in [-0.25, -0.2) is 8.42 Å². The second-order valence-corrected chi connectivity index (χ2v) is 5.55. The highest BCUT2D eigenvalue weighted by Crippen LogP contribution is 2.21. The number of sulfonamides is 1. The molecule has 1 heterocycles. The molecule has 0 aliphatic heterocycles. The summed E-state index contributed by atoms with van der Waals surface area (Å²) >= 11 is 0. The zero-order valence-electron chi connectivity index (χ0n) is 9.25. The minimum atomic E-state index is -3.68. The summed E-state index contributed by atoms with van der Waals surface area (Å²) in [5.74, 6) is -1.62. The Hall–Kier alpha value is -2.09. The number of carbonyl (C=O) groups is 1. The number of carboxylic acids is 1. The van der Waals surface area contributed by atoms with Gasteiger partial charge in [0.1, 0.15) is 0 Å². The van der Waals surface area contributed by atoms with Gasteiger partial charge in [-0.3, -0.25) is 14.6 Å².